The lowest BCUT2D eigenvalue weighted by Gasteiger charge is -2.31. The summed E-state index contributed by atoms with van der Waals surface area (Å²) in [6.45, 7) is 3.10. The topological polar surface area (TPSA) is 89.1 Å². The number of anilines is 1. The van der Waals surface area contributed by atoms with E-state index >= 15 is 0 Å². The van der Waals surface area contributed by atoms with Gasteiger partial charge in [0.15, 0.2) is 5.82 Å². The van der Waals surface area contributed by atoms with Crippen LogP contribution in [0.2, 0.25) is 0 Å². The van der Waals surface area contributed by atoms with Crippen molar-refractivity contribution in [3.63, 3.8) is 0 Å². The molecule has 0 spiro atoms. The highest BCUT2D eigenvalue weighted by molar-refractivity contribution is 5.92. The van der Waals surface area contributed by atoms with Crippen LogP contribution in [0.4, 0.5) is 10.5 Å². The van der Waals surface area contributed by atoms with Crippen LogP contribution < -0.4 is 5.32 Å². The van der Waals surface area contributed by atoms with Gasteiger partial charge >= 0.3 is 6.03 Å². The lowest BCUT2D eigenvalue weighted by molar-refractivity contribution is 0.190. The Balaban J connectivity index is 1.47. The zero-order valence-electron chi connectivity index (χ0n) is 14.3. The maximum absolute atomic E-state index is 12.6. The monoisotopic (exact) mass is 340 g/mol. The molecule has 1 fully saturated rings. The summed E-state index contributed by atoms with van der Waals surface area (Å²) < 4.78 is 6.86. The summed E-state index contributed by atoms with van der Waals surface area (Å²) >= 11 is 0. The van der Waals surface area contributed by atoms with E-state index in [1.54, 1.807) is 11.6 Å². The lowest BCUT2D eigenvalue weighted by atomic mass is 9.98. The number of hydrogen-bond acceptors (Lipinski definition) is 5. The molecular weight excluding hydrogens is 320 g/mol. The van der Waals surface area contributed by atoms with Crippen molar-refractivity contribution in [1.82, 2.24) is 24.8 Å². The molecule has 1 atom stereocenters. The van der Waals surface area contributed by atoms with Crippen LogP contribution in [0.15, 0.2) is 28.9 Å². The van der Waals surface area contributed by atoms with E-state index < -0.39 is 0 Å². The number of fused-ring (bicyclic) bond motifs is 1. The third kappa shape index (κ3) is 3.07. The van der Waals surface area contributed by atoms with E-state index in [0.29, 0.717) is 18.3 Å². The number of carbonyl (C=O) groups is 1. The van der Waals surface area contributed by atoms with Gasteiger partial charge in [-0.3, -0.25) is 4.68 Å². The Kier molecular flexibility index (Phi) is 3.87. The summed E-state index contributed by atoms with van der Waals surface area (Å²) in [6, 6.07) is 5.68. The minimum Gasteiger partial charge on any atom is -0.340 e. The summed E-state index contributed by atoms with van der Waals surface area (Å²) in [5.41, 5.74) is 1.75. The zero-order valence-corrected chi connectivity index (χ0v) is 14.3. The highest BCUT2D eigenvalue weighted by Crippen LogP contribution is 2.26. The molecule has 0 radical (unpaired) electrons. The molecule has 130 valence electrons. The molecule has 0 saturated carbocycles. The van der Waals surface area contributed by atoms with Crippen molar-refractivity contribution in [2.45, 2.75) is 25.7 Å². The number of carbonyl (C=O) groups excluding carboxylic acids is 1. The Morgan fingerprint density at radius 1 is 1.40 bits per heavy atom. The average molecular weight is 340 g/mol. The van der Waals surface area contributed by atoms with Crippen LogP contribution in [0.1, 0.15) is 30.5 Å². The number of nitrogens with one attached hydrogen (secondary N) is 1. The van der Waals surface area contributed by atoms with E-state index in [-0.39, 0.29) is 11.9 Å². The molecule has 8 heteroatoms. The van der Waals surface area contributed by atoms with Gasteiger partial charge in [0.25, 0.3) is 0 Å². The molecule has 3 heterocycles. The molecule has 2 amide bonds. The van der Waals surface area contributed by atoms with Crippen LogP contribution in [0.5, 0.6) is 0 Å². The van der Waals surface area contributed by atoms with Crippen LogP contribution in [0.25, 0.3) is 10.9 Å². The van der Waals surface area contributed by atoms with Gasteiger partial charge in [0.2, 0.25) is 5.89 Å². The average Bonchev–Trinajstić information content (AvgIpc) is 3.21. The summed E-state index contributed by atoms with van der Waals surface area (Å²) in [4.78, 5) is 18.8. The van der Waals surface area contributed by atoms with E-state index in [0.717, 1.165) is 36.0 Å². The lowest BCUT2D eigenvalue weighted by Crippen LogP contribution is -2.41. The van der Waals surface area contributed by atoms with Gasteiger partial charge in [0.05, 0.1) is 11.7 Å². The van der Waals surface area contributed by atoms with Gasteiger partial charge in [-0.05, 0) is 31.0 Å². The number of piperidine rings is 1. The molecule has 0 bridgehead atoms. The molecule has 3 aromatic rings. The summed E-state index contributed by atoms with van der Waals surface area (Å²) in [5.74, 6) is 1.36. The molecule has 1 aliphatic heterocycles. The molecule has 4 rings (SSSR count). The highest BCUT2D eigenvalue weighted by atomic mass is 16.5. The number of hydrogen-bond donors (Lipinski definition) is 1. The molecular formula is C17H20N6O2. The summed E-state index contributed by atoms with van der Waals surface area (Å²) in [7, 11) is 1.88. The van der Waals surface area contributed by atoms with Gasteiger partial charge in [0.1, 0.15) is 0 Å². The van der Waals surface area contributed by atoms with Crippen molar-refractivity contribution in [2.75, 3.05) is 18.4 Å². The largest absolute Gasteiger partial charge is 0.340 e. The van der Waals surface area contributed by atoms with Crippen molar-refractivity contribution in [3.8, 4) is 0 Å². The number of nitrogens with zero attached hydrogens (tertiary/aromatic N) is 5. The molecule has 1 N–H and O–H groups in total. The predicted octanol–water partition coefficient (Wildman–Crippen LogP) is 2.68. The number of aromatic nitrogens is 4. The molecule has 2 aromatic heterocycles. The van der Waals surface area contributed by atoms with Gasteiger partial charge in [-0.2, -0.15) is 10.1 Å². The first kappa shape index (κ1) is 15.6. The fourth-order valence-electron chi connectivity index (χ4n) is 3.28. The Hall–Kier alpha value is -2.90. The van der Waals surface area contributed by atoms with Crippen LogP contribution >= 0.6 is 0 Å². The molecule has 25 heavy (non-hydrogen) atoms. The Morgan fingerprint density at radius 2 is 2.28 bits per heavy atom. The molecule has 0 unspecified atom stereocenters. The summed E-state index contributed by atoms with van der Waals surface area (Å²) in [6.07, 6.45) is 3.69. The quantitative estimate of drug-likeness (QED) is 0.775. The van der Waals surface area contributed by atoms with Crippen LogP contribution in [0.3, 0.4) is 0 Å². The molecule has 1 aliphatic rings. The second-order valence-corrected chi connectivity index (χ2v) is 6.43. The second-order valence-electron chi connectivity index (χ2n) is 6.43. The Morgan fingerprint density at radius 3 is 3.08 bits per heavy atom. The van der Waals surface area contributed by atoms with Gasteiger partial charge < -0.3 is 14.7 Å². The molecule has 1 aromatic carbocycles. The number of benzene rings is 1. The smallest absolute Gasteiger partial charge is 0.321 e. The number of urea groups is 1. The van der Waals surface area contributed by atoms with Gasteiger partial charge in [-0.1, -0.05) is 5.16 Å². The maximum Gasteiger partial charge on any atom is 0.321 e. The number of aryl methyl sites for hydroxylation is 2. The Labute approximate surface area is 144 Å². The van der Waals surface area contributed by atoms with E-state index in [9.17, 15) is 4.79 Å². The van der Waals surface area contributed by atoms with E-state index in [1.165, 1.54) is 0 Å². The fourth-order valence-corrected chi connectivity index (χ4v) is 3.28. The number of likely N-dealkylation sites (tertiary alicyclic amines) is 1. The number of rotatable bonds is 2. The van der Waals surface area contributed by atoms with Crippen LogP contribution in [-0.4, -0.2) is 43.9 Å². The van der Waals surface area contributed by atoms with Crippen LogP contribution in [-0.2, 0) is 7.05 Å². The van der Waals surface area contributed by atoms with Crippen molar-refractivity contribution in [1.29, 1.82) is 0 Å². The Bertz CT molecular complexity index is 915. The minimum atomic E-state index is -0.105. The van der Waals surface area contributed by atoms with Crippen LogP contribution in [0, 0.1) is 6.92 Å². The second kappa shape index (κ2) is 6.19. The van der Waals surface area contributed by atoms with E-state index in [4.69, 9.17) is 4.52 Å². The van der Waals surface area contributed by atoms with Gasteiger partial charge in [-0.25, -0.2) is 4.79 Å². The first-order valence-electron chi connectivity index (χ1n) is 8.38. The molecule has 0 aliphatic carbocycles. The first-order chi connectivity index (χ1) is 12.1. The third-order valence-corrected chi connectivity index (χ3v) is 4.62. The standard InChI is InChI=1S/C17H20N6O2/c1-11-19-16(21-25-11)13-4-3-7-23(10-13)17(24)20-14-6-5-12-9-18-22(2)15(12)8-14/h5-6,8-9,13H,3-4,7,10H2,1-2H3,(H,20,24)/t13-/m0/s1. The minimum absolute atomic E-state index is 0.105. The number of amides is 2. The van der Waals surface area contributed by atoms with Gasteiger partial charge in [0, 0.05) is 44.1 Å². The fraction of sp³-hybridized carbons (Fsp3) is 0.412. The SMILES string of the molecule is Cc1nc([C@H]2CCCN(C(=O)Nc3ccc4cnn(C)c4c3)C2)no1. The maximum atomic E-state index is 12.6. The van der Waals surface area contributed by atoms with Crippen molar-refractivity contribution in [3.05, 3.63) is 36.1 Å². The van der Waals surface area contributed by atoms with Crippen molar-refractivity contribution >= 4 is 22.6 Å². The first-order valence-corrected chi connectivity index (χ1v) is 8.38. The van der Waals surface area contributed by atoms with Crippen molar-refractivity contribution in [2.24, 2.45) is 7.05 Å². The molecule has 8 nitrogen and oxygen atoms in total. The molecule has 1 saturated heterocycles. The highest BCUT2D eigenvalue weighted by Gasteiger charge is 2.27. The summed E-state index contributed by atoms with van der Waals surface area (Å²) in [5, 5.41) is 12.2. The van der Waals surface area contributed by atoms with E-state index in [2.05, 4.69) is 20.6 Å². The normalized spacial score (nSPS) is 17.8. The van der Waals surface area contributed by atoms with E-state index in [1.807, 2.05) is 36.3 Å². The van der Waals surface area contributed by atoms with Crippen molar-refractivity contribution < 1.29 is 9.32 Å². The predicted molar refractivity (Wildman–Crippen MR) is 92.3 cm³/mol. The zero-order chi connectivity index (χ0) is 17.4. The van der Waals surface area contributed by atoms with Gasteiger partial charge in [-0.15, -0.1) is 0 Å². The third-order valence-electron chi connectivity index (χ3n) is 4.62.